The van der Waals surface area contributed by atoms with Crippen molar-refractivity contribution in [3.8, 4) is 11.8 Å². The van der Waals surface area contributed by atoms with Crippen LogP contribution in [0, 0.1) is 25.7 Å². The second kappa shape index (κ2) is 8.12. The molecule has 2 aromatic rings. The van der Waals surface area contributed by atoms with Crippen LogP contribution in [0.5, 0.6) is 0 Å². The Hall–Kier alpha value is -2.63. The second-order valence-electron chi connectivity index (χ2n) is 5.43. The summed E-state index contributed by atoms with van der Waals surface area (Å²) in [5.41, 5.74) is 4.44. The van der Waals surface area contributed by atoms with Crippen LogP contribution in [0.4, 0.5) is 0 Å². The number of carbonyl (C=O) groups excluding carboxylic acids is 1. The molecular formula is C21H20O2. The molecule has 0 fully saturated rings. The topological polar surface area (TPSA) is 26.3 Å². The molecule has 23 heavy (non-hydrogen) atoms. The minimum absolute atomic E-state index is 0.0509. The molecule has 0 radical (unpaired) electrons. The first-order valence-corrected chi connectivity index (χ1v) is 7.47. The quantitative estimate of drug-likeness (QED) is 0.483. The molecule has 2 rings (SSSR count). The smallest absolute Gasteiger partial charge is 0.191 e. The molecule has 0 N–H and O–H groups in total. The van der Waals surface area contributed by atoms with Crippen molar-refractivity contribution in [2.45, 2.75) is 13.8 Å². The predicted molar refractivity (Wildman–Crippen MR) is 93.5 cm³/mol. The number of ether oxygens (including phenoxy) is 1. The predicted octanol–water partition coefficient (Wildman–Crippen LogP) is 4.11. The fourth-order valence-electron chi connectivity index (χ4n) is 2.06. The van der Waals surface area contributed by atoms with E-state index in [4.69, 9.17) is 4.74 Å². The highest BCUT2D eigenvalue weighted by molar-refractivity contribution is 6.09. The van der Waals surface area contributed by atoms with E-state index in [1.54, 1.807) is 13.2 Å². The molecule has 0 heterocycles. The molecule has 0 aromatic heterocycles. The van der Waals surface area contributed by atoms with Crippen molar-refractivity contribution in [2.75, 3.05) is 13.7 Å². The minimum atomic E-state index is -0.0509. The Labute approximate surface area is 137 Å². The van der Waals surface area contributed by atoms with Crippen LogP contribution >= 0.6 is 0 Å². The maximum absolute atomic E-state index is 12.5. The zero-order chi connectivity index (χ0) is 16.7. The fourth-order valence-corrected chi connectivity index (χ4v) is 2.06. The van der Waals surface area contributed by atoms with Gasteiger partial charge in [-0.15, -0.1) is 0 Å². The molecule has 0 saturated carbocycles. The van der Waals surface area contributed by atoms with E-state index in [0.717, 1.165) is 11.1 Å². The summed E-state index contributed by atoms with van der Waals surface area (Å²) in [5.74, 6) is 5.95. The van der Waals surface area contributed by atoms with Crippen molar-refractivity contribution in [1.82, 2.24) is 0 Å². The molecule has 0 bridgehead atoms. The van der Waals surface area contributed by atoms with Gasteiger partial charge in [0.05, 0.1) is 6.61 Å². The summed E-state index contributed by atoms with van der Waals surface area (Å²) in [6.45, 7) is 4.27. The van der Waals surface area contributed by atoms with Gasteiger partial charge in [0.2, 0.25) is 0 Å². The van der Waals surface area contributed by atoms with E-state index in [0.29, 0.717) is 11.1 Å². The van der Waals surface area contributed by atoms with E-state index in [9.17, 15) is 4.79 Å². The lowest BCUT2D eigenvalue weighted by Crippen LogP contribution is -2.08. The number of hydrogen-bond donors (Lipinski definition) is 0. The maximum atomic E-state index is 12.5. The summed E-state index contributed by atoms with van der Waals surface area (Å²) in [6, 6.07) is 15.5. The van der Waals surface area contributed by atoms with E-state index in [-0.39, 0.29) is 12.4 Å². The first-order valence-electron chi connectivity index (χ1n) is 7.47. The Morgan fingerprint density at radius 2 is 1.57 bits per heavy atom. The van der Waals surface area contributed by atoms with E-state index >= 15 is 0 Å². The summed E-state index contributed by atoms with van der Waals surface area (Å²) in [4.78, 5) is 12.5. The first-order chi connectivity index (χ1) is 11.1. The third-order valence-electron chi connectivity index (χ3n) is 3.42. The Bertz CT molecular complexity index is 754. The summed E-state index contributed by atoms with van der Waals surface area (Å²) in [7, 11) is 1.57. The van der Waals surface area contributed by atoms with Crippen LogP contribution in [-0.4, -0.2) is 19.5 Å². The maximum Gasteiger partial charge on any atom is 0.191 e. The van der Waals surface area contributed by atoms with E-state index in [2.05, 4.69) is 11.8 Å². The number of methoxy groups -OCH3 is 1. The van der Waals surface area contributed by atoms with Crippen molar-refractivity contribution < 1.29 is 9.53 Å². The third kappa shape index (κ3) is 4.95. The van der Waals surface area contributed by atoms with Crippen LogP contribution in [0.2, 0.25) is 0 Å². The van der Waals surface area contributed by atoms with Gasteiger partial charge in [-0.05, 0) is 32.1 Å². The van der Waals surface area contributed by atoms with Gasteiger partial charge in [0.15, 0.2) is 5.78 Å². The fraction of sp³-hybridized carbons (Fsp3) is 0.190. The summed E-state index contributed by atoms with van der Waals surface area (Å²) >= 11 is 0. The standard InChI is InChI=1S/C21H20O2/c1-16-7-11-18(12-8-16)5-4-6-20(15-23-3)21(22)19-13-9-17(2)10-14-19/h6-14H,15H2,1-3H3/b20-6+. The lowest BCUT2D eigenvalue weighted by molar-refractivity contribution is 0.101. The number of ketones is 1. The van der Waals surface area contributed by atoms with E-state index in [1.807, 2.05) is 62.4 Å². The minimum Gasteiger partial charge on any atom is -0.380 e. The van der Waals surface area contributed by atoms with Gasteiger partial charge in [-0.3, -0.25) is 4.79 Å². The monoisotopic (exact) mass is 304 g/mol. The molecule has 0 aliphatic heterocycles. The summed E-state index contributed by atoms with van der Waals surface area (Å²) in [6.07, 6.45) is 1.64. The van der Waals surface area contributed by atoms with Crippen LogP contribution in [0.3, 0.4) is 0 Å². The molecule has 2 aromatic carbocycles. The number of Topliss-reactive ketones (excluding diaryl/α,β-unsaturated/α-hetero) is 1. The SMILES string of the molecule is COC/C(=C\C#Cc1ccc(C)cc1)C(=O)c1ccc(C)cc1. The van der Waals surface area contributed by atoms with Gasteiger partial charge in [0, 0.05) is 23.8 Å². The van der Waals surface area contributed by atoms with Crippen molar-refractivity contribution in [2.24, 2.45) is 0 Å². The van der Waals surface area contributed by atoms with Crippen molar-refractivity contribution in [3.63, 3.8) is 0 Å². The molecule has 0 unspecified atom stereocenters. The van der Waals surface area contributed by atoms with E-state index < -0.39 is 0 Å². The molecule has 0 aliphatic rings. The van der Waals surface area contributed by atoms with Crippen LogP contribution in [0.1, 0.15) is 27.0 Å². The second-order valence-corrected chi connectivity index (χ2v) is 5.43. The molecule has 0 atom stereocenters. The average Bonchev–Trinajstić information content (AvgIpc) is 2.56. The Morgan fingerprint density at radius 1 is 1.00 bits per heavy atom. The molecule has 116 valence electrons. The highest BCUT2D eigenvalue weighted by Gasteiger charge is 2.11. The average molecular weight is 304 g/mol. The van der Waals surface area contributed by atoms with Gasteiger partial charge in [0.1, 0.15) is 0 Å². The number of rotatable bonds is 4. The normalized spacial score (nSPS) is 10.8. The molecular weight excluding hydrogens is 284 g/mol. The van der Waals surface area contributed by atoms with E-state index in [1.165, 1.54) is 5.56 Å². The molecule has 0 aliphatic carbocycles. The molecule has 2 heteroatoms. The zero-order valence-corrected chi connectivity index (χ0v) is 13.7. The van der Waals surface area contributed by atoms with Crippen LogP contribution in [-0.2, 0) is 4.74 Å². The summed E-state index contributed by atoms with van der Waals surface area (Å²) < 4.78 is 5.13. The number of allylic oxidation sites excluding steroid dienone is 1. The number of hydrogen-bond acceptors (Lipinski definition) is 2. The number of aryl methyl sites for hydroxylation is 2. The Kier molecular flexibility index (Phi) is 5.91. The van der Waals surface area contributed by atoms with Gasteiger partial charge >= 0.3 is 0 Å². The van der Waals surface area contributed by atoms with Gasteiger partial charge in [-0.2, -0.15) is 0 Å². The number of benzene rings is 2. The van der Waals surface area contributed by atoms with Crippen molar-refractivity contribution in [3.05, 3.63) is 82.4 Å². The molecule has 0 spiro atoms. The molecule has 0 amide bonds. The van der Waals surface area contributed by atoms with Crippen LogP contribution in [0.15, 0.2) is 60.2 Å². The number of carbonyl (C=O) groups is 1. The molecule has 2 nitrogen and oxygen atoms in total. The van der Waals surface area contributed by atoms with Gasteiger partial charge in [-0.25, -0.2) is 0 Å². The highest BCUT2D eigenvalue weighted by atomic mass is 16.5. The van der Waals surface area contributed by atoms with Gasteiger partial charge < -0.3 is 4.74 Å². The lowest BCUT2D eigenvalue weighted by atomic mass is 10.0. The third-order valence-corrected chi connectivity index (χ3v) is 3.42. The van der Waals surface area contributed by atoms with Crippen molar-refractivity contribution in [1.29, 1.82) is 0 Å². The Morgan fingerprint density at radius 3 is 2.13 bits per heavy atom. The van der Waals surface area contributed by atoms with Crippen LogP contribution in [0.25, 0.3) is 0 Å². The van der Waals surface area contributed by atoms with Crippen LogP contribution < -0.4 is 0 Å². The van der Waals surface area contributed by atoms with Gasteiger partial charge in [0.25, 0.3) is 0 Å². The molecule has 0 saturated heterocycles. The zero-order valence-electron chi connectivity index (χ0n) is 13.7. The summed E-state index contributed by atoms with van der Waals surface area (Å²) in [5, 5.41) is 0. The van der Waals surface area contributed by atoms with Crippen molar-refractivity contribution >= 4 is 5.78 Å². The highest BCUT2D eigenvalue weighted by Crippen LogP contribution is 2.10. The first kappa shape index (κ1) is 16.7. The lowest BCUT2D eigenvalue weighted by Gasteiger charge is -2.04. The largest absolute Gasteiger partial charge is 0.380 e. The van der Waals surface area contributed by atoms with Gasteiger partial charge in [-0.1, -0.05) is 59.4 Å². The Balaban J connectivity index is 2.22.